The molecule has 21 heavy (non-hydrogen) atoms. The fourth-order valence-corrected chi connectivity index (χ4v) is 2.57. The van der Waals surface area contributed by atoms with Crippen molar-refractivity contribution in [2.24, 2.45) is 0 Å². The summed E-state index contributed by atoms with van der Waals surface area (Å²) >= 11 is 0. The van der Waals surface area contributed by atoms with E-state index < -0.39 is 42.4 Å². The van der Waals surface area contributed by atoms with Crippen LogP contribution in [0.2, 0.25) is 0 Å². The van der Waals surface area contributed by atoms with Gasteiger partial charge in [0.05, 0.1) is 11.1 Å². The lowest BCUT2D eigenvalue weighted by atomic mass is 9.89. The number of rotatable bonds is 1. The summed E-state index contributed by atoms with van der Waals surface area (Å²) in [5.41, 5.74) is 3.11. The van der Waals surface area contributed by atoms with Crippen molar-refractivity contribution < 1.29 is 23.3 Å². The summed E-state index contributed by atoms with van der Waals surface area (Å²) < 4.78 is 23.3. The van der Waals surface area contributed by atoms with Gasteiger partial charge in [0.2, 0.25) is 5.91 Å². The van der Waals surface area contributed by atoms with Crippen molar-refractivity contribution >= 4 is 29.3 Å². The van der Waals surface area contributed by atoms with Crippen molar-refractivity contribution in [3.8, 4) is 0 Å². The van der Waals surface area contributed by atoms with Crippen molar-refractivity contribution in [2.45, 2.75) is 25.2 Å². The highest BCUT2D eigenvalue weighted by Gasteiger charge is 2.53. The molecule has 1 aromatic rings. The Morgan fingerprint density at radius 2 is 2.05 bits per heavy atom. The SMILES string of the molecule is [2H]C([2H])([2H])C1(N2C(=O)c3cccc(N)c3C2=O)CCC(=O)NC1=O. The quantitative estimate of drug-likeness (QED) is 0.561. The number of nitrogens with zero attached hydrogens (tertiary/aromatic N) is 1. The molecule has 0 aromatic heterocycles. The number of hydrogen-bond donors (Lipinski definition) is 2. The lowest BCUT2D eigenvalue weighted by molar-refractivity contribution is -0.140. The first-order chi connectivity index (χ1) is 11.1. The van der Waals surface area contributed by atoms with Crippen LogP contribution in [0.25, 0.3) is 0 Å². The first-order valence-corrected chi connectivity index (χ1v) is 6.23. The number of nitrogen functional groups attached to an aromatic ring is 1. The second-order valence-corrected chi connectivity index (χ2v) is 4.95. The van der Waals surface area contributed by atoms with Crippen molar-refractivity contribution in [3.63, 3.8) is 0 Å². The van der Waals surface area contributed by atoms with E-state index in [-0.39, 0.29) is 23.2 Å². The summed E-state index contributed by atoms with van der Waals surface area (Å²) in [6, 6.07) is 4.19. The minimum atomic E-state index is -3.01. The molecule has 0 radical (unpaired) electrons. The van der Waals surface area contributed by atoms with Gasteiger partial charge >= 0.3 is 0 Å². The van der Waals surface area contributed by atoms with E-state index in [1.54, 1.807) is 0 Å². The Balaban J connectivity index is 2.20. The smallest absolute Gasteiger partial charge is 0.264 e. The molecule has 0 saturated carbocycles. The Morgan fingerprint density at radius 1 is 1.29 bits per heavy atom. The van der Waals surface area contributed by atoms with E-state index in [0.29, 0.717) is 4.90 Å². The average Bonchev–Trinajstić information content (AvgIpc) is 2.72. The van der Waals surface area contributed by atoms with Crippen LogP contribution < -0.4 is 11.1 Å². The maximum atomic E-state index is 12.7. The van der Waals surface area contributed by atoms with E-state index in [1.165, 1.54) is 18.2 Å². The van der Waals surface area contributed by atoms with Crippen LogP contribution in [-0.4, -0.2) is 34.1 Å². The van der Waals surface area contributed by atoms with E-state index in [2.05, 4.69) is 0 Å². The van der Waals surface area contributed by atoms with Crippen LogP contribution in [-0.2, 0) is 9.59 Å². The number of benzene rings is 1. The fraction of sp³-hybridized carbons (Fsp3) is 0.286. The zero-order valence-electron chi connectivity index (χ0n) is 13.8. The van der Waals surface area contributed by atoms with E-state index in [1.807, 2.05) is 5.32 Å². The molecule has 2 aliphatic heterocycles. The van der Waals surface area contributed by atoms with Crippen LogP contribution in [0.3, 0.4) is 0 Å². The van der Waals surface area contributed by atoms with E-state index in [4.69, 9.17) is 9.85 Å². The van der Waals surface area contributed by atoms with E-state index in [0.717, 1.165) is 0 Å². The van der Waals surface area contributed by atoms with Crippen LogP contribution in [0.4, 0.5) is 5.69 Å². The first-order valence-electron chi connectivity index (χ1n) is 7.73. The molecule has 0 aliphatic carbocycles. The Morgan fingerprint density at radius 3 is 2.67 bits per heavy atom. The molecule has 4 amide bonds. The van der Waals surface area contributed by atoms with Gasteiger partial charge in [0, 0.05) is 16.2 Å². The van der Waals surface area contributed by atoms with Gasteiger partial charge in [0.15, 0.2) is 0 Å². The molecule has 1 fully saturated rings. The summed E-state index contributed by atoms with van der Waals surface area (Å²) in [5.74, 6) is -3.71. The van der Waals surface area contributed by atoms with Crippen LogP contribution in [0, 0.1) is 0 Å². The fourth-order valence-electron chi connectivity index (χ4n) is 2.57. The summed E-state index contributed by atoms with van der Waals surface area (Å²) in [4.78, 5) is 49.7. The number of anilines is 1. The average molecular weight is 290 g/mol. The van der Waals surface area contributed by atoms with Crippen LogP contribution in [0.5, 0.6) is 0 Å². The number of hydrogen-bond acceptors (Lipinski definition) is 5. The number of nitrogens with two attached hydrogens (primary N) is 1. The number of carbonyl (C=O) groups is 4. The Labute approximate surface area is 124 Å². The van der Waals surface area contributed by atoms with Gasteiger partial charge in [-0.05, 0) is 25.4 Å². The Kier molecular flexibility index (Phi) is 1.99. The van der Waals surface area contributed by atoms with Gasteiger partial charge in [0.25, 0.3) is 17.7 Å². The Bertz CT molecular complexity index is 805. The molecule has 7 heteroatoms. The van der Waals surface area contributed by atoms with Crippen molar-refractivity contribution in [1.82, 2.24) is 10.2 Å². The van der Waals surface area contributed by atoms with Gasteiger partial charge in [-0.15, -0.1) is 0 Å². The summed E-state index contributed by atoms with van der Waals surface area (Å²) in [6.07, 6.45) is -0.771. The molecule has 2 heterocycles. The van der Waals surface area contributed by atoms with Crippen LogP contribution in [0.15, 0.2) is 18.2 Å². The third kappa shape index (κ3) is 1.67. The highest BCUT2D eigenvalue weighted by molar-refractivity contribution is 6.26. The number of nitrogens with one attached hydrogen (secondary N) is 1. The molecule has 3 rings (SSSR count). The topological polar surface area (TPSA) is 110 Å². The van der Waals surface area contributed by atoms with Gasteiger partial charge in [-0.25, -0.2) is 0 Å². The molecule has 1 atom stereocenters. The number of imide groups is 2. The highest BCUT2D eigenvalue weighted by Crippen LogP contribution is 2.35. The standard InChI is InChI=1S/C14H13N3O4/c1-14(6-5-9(18)16-13(14)21)17-11(19)7-3-2-4-8(15)10(7)12(17)20/h2-4H,5-6,15H2,1H3,(H,16,18,21)/i1D3. The molecule has 7 nitrogen and oxygen atoms in total. The molecule has 0 spiro atoms. The molecule has 108 valence electrons. The minimum absolute atomic E-state index is 0.0151. The summed E-state index contributed by atoms with van der Waals surface area (Å²) in [5, 5.41) is 1.92. The van der Waals surface area contributed by atoms with Crippen LogP contribution in [0.1, 0.15) is 44.5 Å². The Hall–Kier alpha value is -2.70. The molecule has 1 saturated heterocycles. The predicted octanol–water partition coefficient (Wildman–Crippen LogP) is 0.0601. The maximum absolute atomic E-state index is 12.7. The second kappa shape index (κ2) is 4.15. The van der Waals surface area contributed by atoms with E-state index >= 15 is 0 Å². The van der Waals surface area contributed by atoms with Gasteiger partial charge in [0.1, 0.15) is 5.54 Å². The lowest BCUT2D eigenvalue weighted by Crippen LogP contribution is -2.62. The minimum Gasteiger partial charge on any atom is -0.398 e. The third-order valence-corrected chi connectivity index (χ3v) is 3.67. The predicted molar refractivity (Wildman–Crippen MR) is 72.1 cm³/mol. The molecule has 2 aliphatic rings. The van der Waals surface area contributed by atoms with E-state index in [9.17, 15) is 19.2 Å². The largest absolute Gasteiger partial charge is 0.398 e. The zero-order chi connectivity index (χ0) is 17.9. The van der Waals surface area contributed by atoms with Crippen molar-refractivity contribution in [1.29, 1.82) is 0 Å². The van der Waals surface area contributed by atoms with Crippen LogP contribution >= 0.6 is 0 Å². The molecule has 0 bridgehead atoms. The van der Waals surface area contributed by atoms with Gasteiger partial charge in [-0.1, -0.05) is 6.07 Å². The third-order valence-electron chi connectivity index (χ3n) is 3.67. The molecule has 3 N–H and O–H groups in total. The molecular weight excluding hydrogens is 274 g/mol. The van der Waals surface area contributed by atoms with Crippen molar-refractivity contribution in [2.75, 3.05) is 5.73 Å². The summed E-state index contributed by atoms with van der Waals surface area (Å²) in [7, 11) is 0. The highest BCUT2D eigenvalue weighted by atomic mass is 16.2. The number of fused-ring (bicyclic) bond motifs is 1. The lowest BCUT2D eigenvalue weighted by Gasteiger charge is -2.38. The normalized spacial score (nSPS) is 27.8. The molecule has 1 unspecified atom stereocenters. The van der Waals surface area contributed by atoms with Gasteiger partial charge in [-0.2, -0.15) is 0 Å². The van der Waals surface area contributed by atoms with Gasteiger partial charge in [-0.3, -0.25) is 29.4 Å². The number of carbonyl (C=O) groups excluding carboxylic acids is 4. The first kappa shape index (κ1) is 10.1. The van der Waals surface area contributed by atoms with Crippen molar-refractivity contribution in [3.05, 3.63) is 29.3 Å². The number of piperidine rings is 1. The van der Waals surface area contributed by atoms with Gasteiger partial charge < -0.3 is 5.73 Å². The molecular formula is C14H13N3O4. The zero-order valence-corrected chi connectivity index (χ0v) is 10.8. The maximum Gasteiger partial charge on any atom is 0.264 e. The summed E-state index contributed by atoms with van der Waals surface area (Å²) in [6.45, 7) is -3.01. The second-order valence-electron chi connectivity index (χ2n) is 4.95. The number of amides is 4. The monoisotopic (exact) mass is 290 g/mol. The molecule has 1 aromatic carbocycles.